The Morgan fingerprint density at radius 1 is 0.833 bits per heavy atom. The summed E-state index contributed by atoms with van der Waals surface area (Å²) >= 11 is 0. The number of fused-ring (bicyclic) bond motifs is 2. The van der Waals surface area contributed by atoms with Crippen LogP contribution < -0.4 is 11.1 Å². The maximum Gasteiger partial charge on any atom is 0.314 e. The van der Waals surface area contributed by atoms with E-state index in [-0.39, 0.29) is 0 Å². The van der Waals surface area contributed by atoms with Crippen LogP contribution in [0, 0.1) is 13.8 Å². The third kappa shape index (κ3) is 1.29. The molecule has 0 spiro atoms. The predicted octanol–water partition coefficient (Wildman–Crippen LogP) is 0.776. The van der Waals surface area contributed by atoms with E-state index >= 15 is 0 Å². The molecule has 0 bridgehead atoms. The van der Waals surface area contributed by atoms with Gasteiger partial charge in [-0.1, -0.05) is 0 Å². The van der Waals surface area contributed by atoms with Crippen molar-refractivity contribution in [2.24, 2.45) is 0 Å². The Morgan fingerprint density at radius 3 is 1.61 bits per heavy atom. The molecule has 18 heavy (non-hydrogen) atoms. The molecule has 6 nitrogen and oxygen atoms in total. The van der Waals surface area contributed by atoms with Crippen LogP contribution in [0.2, 0.25) is 0 Å². The Morgan fingerprint density at radius 2 is 1.22 bits per heavy atom. The maximum absolute atomic E-state index is 11.4. The van der Waals surface area contributed by atoms with Crippen LogP contribution in [0.4, 0.5) is 0 Å². The van der Waals surface area contributed by atoms with Gasteiger partial charge in [0.05, 0.1) is 22.1 Å². The van der Waals surface area contributed by atoms with E-state index in [1.807, 2.05) is 13.8 Å². The number of rotatable bonds is 0. The minimum Gasteiger partial charge on any atom is -0.316 e. The lowest BCUT2D eigenvalue weighted by Crippen LogP contribution is -2.29. The van der Waals surface area contributed by atoms with Crippen LogP contribution in [0.25, 0.3) is 22.1 Å². The van der Waals surface area contributed by atoms with E-state index in [0.29, 0.717) is 11.0 Å². The third-order valence-electron chi connectivity index (χ3n) is 3.09. The van der Waals surface area contributed by atoms with E-state index in [1.165, 1.54) is 0 Å². The molecule has 0 saturated heterocycles. The van der Waals surface area contributed by atoms with Gasteiger partial charge < -0.3 is 9.97 Å². The standard InChI is InChI=1S/C12H10N4O2/c1-5-7-8(14-4-3-13-7)6(2)10-9(5)15-11(17)12(18)16-10/h3-4H,1-2H3,(H,15,17)(H,16,18). The van der Waals surface area contributed by atoms with Gasteiger partial charge in [0.2, 0.25) is 0 Å². The van der Waals surface area contributed by atoms with Gasteiger partial charge in [-0.15, -0.1) is 0 Å². The van der Waals surface area contributed by atoms with Crippen LogP contribution >= 0.6 is 0 Å². The molecule has 0 saturated carbocycles. The zero-order chi connectivity index (χ0) is 12.9. The molecule has 2 heterocycles. The van der Waals surface area contributed by atoms with Crippen molar-refractivity contribution in [1.29, 1.82) is 0 Å². The summed E-state index contributed by atoms with van der Waals surface area (Å²) in [6, 6.07) is 0. The third-order valence-corrected chi connectivity index (χ3v) is 3.09. The second kappa shape index (κ2) is 3.49. The molecule has 1 aromatic carbocycles. The highest BCUT2D eigenvalue weighted by molar-refractivity contribution is 5.98. The number of benzene rings is 1. The smallest absolute Gasteiger partial charge is 0.314 e. The minimum absolute atomic E-state index is 0.602. The zero-order valence-corrected chi connectivity index (χ0v) is 9.87. The summed E-state index contributed by atoms with van der Waals surface area (Å²) in [5.74, 6) is 0. The second-order valence-electron chi connectivity index (χ2n) is 4.16. The van der Waals surface area contributed by atoms with Crippen molar-refractivity contribution in [3.05, 3.63) is 44.2 Å². The van der Waals surface area contributed by atoms with Gasteiger partial charge in [-0.3, -0.25) is 19.6 Å². The molecular weight excluding hydrogens is 232 g/mol. The number of aryl methyl sites for hydroxylation is 2. The SMILES string of the molecule is Cc1c2nccnc2c(C)c2[nH]c(=O)c(=O)[nH]c12. The Kier molecular flexibility index (Phi) is 2.07. The summed E-state index contributed by atoms with van der Waals surface area (Å²) in [7, 11) is 0. The van der Waals surface area contributed by atoms with Gasteiger partial charge in [0, 0.05) is 23.5 Å². The average Bonchev–Trinajstić information content (AvgIpc) is 2.38. The summed E-state index contributed by atoms with van der Waals surface area (Å²) in [6.07, 6.45) is 3.20. The van der Waals surface area contributed by atoms with E-state index in [4.69, 9.17) is 0 Å². The van der Waals surface area contributed by atoms with Crippen molar-refractivity contribution >= 4 is 22.1 Å². The van der Waals surface area contributed by atoms with Crippen molar-refractivity contribution in [2.75, 3.05) is 0 Å². The molecule has 2 N–H and O–H groups in total. The fourth-order valence-electron chi connectivity index (χ4n) is 2.15. The van der Waals surface area contributed by atoms with E-state index in [2.05, 4.69) is 19.9 Å². The molecule has 90 valence electrons. The number of aromatic nitrogens is 4. The van der Waals surface area contributed by atoms with Gasteiger partial charge in [-0.2, -0.15) is 0 Å². The Balaban J connectivity index is 2.71. The van der Waals surface area contributed by atoms with E-state index in [9.17, 15) is 9.59 Å². The average molecular weight is 242 g/mol. The highest BCUT2D eigenvalue weighted by atomic mass is 16.2. The normalized spacial score (nSPS) is 11.2. The van der Waals surface area contributed by atoms with Crippen molar-refractivity contribution in [3.8, 4) is 0 Å². The molecule has 0 radical (unpaired) electrons. The maximum atomic E-state index is 11.4. The summed E-state index contributed by atoms with van der Waals surface area (Å²) in [5.41, 5.74) is 2.94. The fraction of sp³-hybridized carbons (Fsp3) is 0.167. The summed E-state index contributed by atoms with van der Waals surface area (Å²) in [5, 5.41) is 0. The number of nitrogens with zero attached hydrogens (tertiary/aromatic N) is 2. The molecule has 3 rings (SSSR count). The number of aromatic amines is 2. The molecule has 0 atom stereocenters. The molecule has 0 aliphatic carbocycles. The topological polar surface area (TPSA) is 91.5 Å². The van der Waals surface area contributed by atoms with Crippen LogP contribution in [0.5, 0.6) is 0 Å². The lowest BCUT2D eigenvalue weighted by Gasteiger charge is -2.08. The first-order valence-electron chi connectivity index (χ1n) is 5.46. The minimum atomic E-state index is -0.659. The summed E-state index contributed by atoms with van der Waals surface area (Å²) in [4.78, 5) is 36.5. The molecule has 0 unspecified atom stereocenters. The second-order valence-corrected chi connectivity index (χ2v) is 4.16. The van der Waals surface area contributed by atoms with Gasteiger partial charge in [-0.05, 0) is 13.8 Å². The largest absolute Gasteiger partial charge is 0.316 e. The van der Waals surface area contributed by atoms with E-state index < -0.39 is 11.1 Å². The van der Waals surface area contributed by atoms with Crippen LogP contribution in [0.3, 0.4) is 0 Å². The first-order valence-corrected chi connectivity index (χ1v) is 5.46. The fourth-order valence-corrected chi connectivity index (χ4v) is 2.15. The van der Waals surface area contributed by atoms with Gasteiger partial charge in [0.25, 0.3) is 0 Å². The quantitative estimate of drug-likeness (QED) is 0.450. The number of hydrogen-bond acceptors (Lipinski definition) is 4. The van der Waals surface area contributed by atoms with Crippen LogP contribution in [0.15, 0.2) is 22.0 Å². The molecule has 0 aliphatic heterocycles. The first-order chi connectivity index (χ1) is 8.59. The molecule has 2 aromatic heterocycles. The van der Waals surface area contributed by atoms with Gasteiger partial charge >= 0.3 is 11.1 Å². The van der Waals surface area contributed by atoms with Crippen molar-refractivity contribution in [1.82, 2.24) is 19.9 Å². The van der Waals surface area contributed by atoms with Crippen LogP contribution in [0.1, 0.15) is 11.1 Å². The van der Waals surface area contributed by atoms with E-state index in [0.717, 1.165) is 22.2 Å². The van der Waals surface area contributed by atoms with Gasteiger partial charge in [-0.25, -0.2) is 0 Å². The predicted molar refractivity (Wildman–Crippen MR) is 67.8 cm³/mol. The van der Waals surface area contributed by atoms with Crippen molar-refractivity contribution in [2.45, 2.75) is 13.8 Å². The molecule has 0 fully saturated rings. The number of hydrogen-bond donors (Lipinski definition) is 2. The summed E-state index contributed by atoms with van der Waals surface area (Å²) < 4.78 is 0. The van der Waals surface area contributed by atoms with Crippen LogP contribution in [-0.4, -0.2) is 19.9 Å². The molecular formula is C12H10N4O2. The first kappa shape index (κ1) is 10.6. The summed E-state index contributed by atoms with van der Waals surface area (Å²) in [6.45, 7) is 3.68. The molecule has 3 aromatic rings. The van der Waals surface area contributed by atoms with Crippen LogP contribution in [-0.2, 0) is 0 Å². The number of nitrogens with one attached hydrogen (secondary N) is 2. The Hall–Kier alpha value is -2.50. The molecule has 6 heteroatoms. The Labute approximate surface area is 101 Å². The lowest BCUT2D eigenvalue weighted by molar-refractivity contribution is 1.13. The monoisotopic (exact) mass is 242 g/mol. The Bertz CT molecular complexity index is 818. The van der Waals surface area contributed by atoms with E-state index in [1.54, 1.807) is 12.4 Å². The molecule has 0 amide bonds. The zero-order valence-electron chi connectivity index (χ0n) is 9.87. The molecule has 0 aliphatic rings. The highest BCUT2D eigenvalue weighted by Crippen LogP contribution is 2.25. The lowest BCUT2D eigenvalue weighted by atomic mass is 10.1. The van der Waals surface area contributed by atoms with Gasteiger partial charge in [0.15, 0.2) is 0 Å². The highest BCUT2D eigenvalue weighted by Gasteiger charge is 2.12. The van der Waals surface area contributed by atoms with Crippen molar-refractivity contribution < 1.29 is 0 Å². The van der Waals surface area contributed by atoms with Crippen molar-refractivity contribution in [3.63, 3.8) is 0 Å². The van der Waals surface area contributed by atoms with Gasteiger partial charge in [0.1, 0.15) is 0 Å². The number of H-pyrrole nitrogens is 2.